The fourth-order valence-electron chi connectivity index (χ4n) is 4.76. The van der Waals surface area contributed by atoms with Crippen LogP contribution < -0.4 is 4.90 Å². The number of methoxy groups -OCH3 is 1. The van der Waals surface area contributed by atoms with Crippen molar-refractivity contribution in [1.82, 2.24) is 14.7 Å². The Balaban J connectivity index is 1.72. The third-order valence-corrected chi connectivity index (χ3v) is 6.87. The van der Waals surface area contributed by atoms with Crippen LogP contribution in [-0.4, -0.2) is 66.1 Å². The molecule has 2 heterocycles. The average Bonchev–Trinajstić information content (AvgIpc) is 3.08. The molecule has 33 heavy (non-hydrogen) atoms. The largest absolute Gasteiger partial charge is 0.388 e. The number of rotatable bonds is 8. The molecule has 3 rings (SSSR count). The molecule has 7 nitrogen and oxygen atoms in total. The molecular formula is C26H40N4O3. The van der Waals surface area contributed by atoms with E-state index in [9.17, 15) is 9.90 Å². The van der Waals surface area contributed by atoms with E-state index >= 15 is 0 Å². The third kappa shape index (κ3) is 6.15. The van der Waals surface area contributed by atoms with E-state index < -0.39 is 6.10 Å². The highest BCUT2D eigenvalue weighted by Crippen LogP contribution is 2.33. The fourth-order valence-corrected chi connectivity index (χ4v) is 4.76. The van der Waals surface area contributed by atoms with Gasteiger partial charge in [-0.3, -0.25) is 9.48 Å². The van der Waals surface area contributed by atoms with Crippen molar-refractivity contribution in [3.8, 4) is 0 Å². The summed E-state index contributed by atoms with van der Waals surface area (Å²) >= 11 is 0. The van der Waals surface area contributed by atoms with Crippen LogP contribution in [0.3, 0.4) is 0 Å². The number of carbonyl (C=O) groups excluding carboxylic acids is 1. The molecule has 0 saturated heterocycles. The van der Waals surface area contributed by atoms with Gasteiger partial charge in [-0.1, -0.05) is 12.8 Å². The van der Waals surface area contributed by atoms with Crippen LogP contribution in [0.15, 0.2) is 18.2 Å². The molecule has 1 atom stereocenters. The summed E-state index contributed by atoms with van der Waals surface area (Å²) in [6, 6.07) is 5.81. The van der Waals surface area contributed by atoms with Crippen molar-refractivity contribution in [3.05, 3.63) is 46.3 Å². The van der Waals surface area contributed by atoms with Gasteiger partial charge in [0.25, 0.3) is 5.91 Å². The summed E-state index contributed by atoms with van der Waals surface area (Å²) in [5.74, 6) is -0.00653. The first-order valence-electron chi connectivity index (χ1n) is 12.1. The molecule has 1 aromatic heterocycles. The zero-order valence-corrected chi connectivity index (χ0v) is 20.9. The van der Waals surface area contributed by atoms with Crippen LogP contribution in [0.5, 0.6) is 0 Å². The maximum absolute atomic E-state index is 13.2. The van der Waals surface area contributed by atoms with Crippen LogP contribution >= 0.6 is 0 Å². The van der Waals surface area contributed by atoms with Gasteiger partial charge < -0.3 is 19.6 Å². The lowest BCUT2D eigenvalue weighted by atomic mass is 9.99. The number of hydrogen-bond acceptors (Lipinski definition) is 5. The van der Waals surface area contributed by atoms with E-state index in [2.05, 4.69) is 16.9 Å². The summed E-state index contributed by atoms with van der Waals surface area (Å²) in [7, 11) is 5.53. The van der Waals surface area contributed by atoms with E-state index in [1.54, 1.807) is 12.0 Å². The smallest absolute Gasteiger partial charge is 0.253 e. The van der Waals surface area contributed by atoms with Gasteiger partial charge in [0.1, 0.15) is 0 Å². The van der Waals surface area contributed by atoms with Gasteiger partial charge in [-0.2, -0.15) is 5.10 Å². The van der Waals surface area contributed by atoms with E-state index in [0.717, 1.165) is 68.6 Å². The summed E-state index contributed by atoms with van der Waals surface area (Å²) in [6.45, 7) is 7.14. The summed E-state index contributed by atoms with van der Waals surface area (Å²) in [4.78, 5) is 17.3. The predicted molar refractivity (Wildman–Crippen MR) is 132 cm³/mol. The summed E-state index contributed by atoms with van der Waals surface area (Å²) in [5.41, 5.74) is 6.03. The van der Waals surface area contributed by atoms with Crippen LogP contribution in [0.4, 0.5) is 5.69 Å². The van der Waals surface area contributed by atoms with Crippen molar-refractivity contribution in [3.63, 3.8) is 0 Å². The highest BCUT2D eigenvalue weighted by atomic mass is 16.5. The molecular weight excluding hydrogens is 416 g/mol. The van der Waals surface area contributed by atoms with E-state index in [0.29, 0.717) is 18.7 Å². The van der Waals surface area contributed by atoms with Crippen LogP contribution in [0.2, 0.25) is 0 Å². The molecule has 0 radical (unpaired) electrons. The van der Waals surface area contributed by atoms with Crippen LogP contribution in [0.25, 0.3) is 0 Å². The Bertz CT molecular complexity index is 940. The lowest BCUT2D eigenvalue weighted by Gasteiger charge is -2.28. The van der Waals surface area contributed by atoms with Gasteiger partial charge in [-0.05, 0) is 63.3 Å². The number of amides is 1. The zero-order chi connectivity index (χ0) is 24.0. The Labute approximate surface area is 198 Å². The molecule has 182 valence electrons. The Hall–Kier alpha value is -2.38. The monoisotopic (exact) mass is 456 g/mol. The molecule has 0 saturated carbocycles. The molecule has 0 fully saturated rings. The van der Waals surface area contributed by atoms with Crippen LogP contribution in [0.1, 0.15) is 71.1 Å². The minimum Gasteiger partial charge on any atom is -0.388 e. The van der Waals surface area contributed by atoms with Gasteiger partial charge in [0, 0.05) is 63.3 Å². The maximum Gasteiger partial charge on any atom is 0.253 e. The number of nitrogens with zero attached hydrogens (tertiary/aromatic N) is 4. The number of aryl methyl sites for hydroxylation is 2. The Morgan fingerprint density at radius 3 is 2.76 bits per heavy atom. The summed E-state index contributed by atoms with van der Waals surface area (Å²) in [6.07, 6.45) is 5.13. The van der Waals surface area contributed by atoms with Crippen molar-refractivity contribution < 1.29 is 14.6 Å². The standard InChI is InChI=1S/C26H40N4O3/c1-19-22(20(2)29(4)27-19)10-9-14-28(3)26(32)21-12-13-24-23(18-21)25(31)11-7-6-8-15-30(24)16-17-33-5/h12-13,18,25,31H,6-11,14-17H2,1-5H3/t25-/m0/s1. The second-order valence-electron chi connectivity index (χ2n) is 9.22. The number of aliphatic hydroxyl groups is 1. The lowest BCUT2D eigenvalue weighted by Crippen LogP contribution is -2.30. The Kier molecular flexibility index (Phi) is 8.92. The topological polar surface area (TPSA) is 70.8 Å². The SMILES string of the molecule is COCCN1CCCCC[C@H](O)c2cc(C(=O)N(C)CCCc3c(C)nn(C)c3C)ccc21. The van der Waals surface area contributed by atoms with E-state index in [4.69, 9.17) is 4.74 Å². The van der Waals surface area contributed by atoms with Crippen molar-refractivity contribution >= 4 is 11.6 Å². The van der Waals surface area contributed by atoms with Crippen molar-refractivity contribution in [1.29, 1.82) is 0 Å². The van der Waals surface area contributed by atoms with Crippen LogP contribution in [-0.2, 0) is 18.2 Å². The quantitative estimate of drug-likeness (QED) is 0.654. The summed E-state index contributed by atoms with van der Waals surface area (Å²) < 4.78 is 7.22. The van der Waals surface area contributed by atoms with E-state index in [1.807, 2.05) is 43.9 Å². The maximum atomic E-state index is 13.2. The predicted octanol–water partition coefficient (Wildman–Crippen LogP) is 3.80. The molecule has 0 aliphatic carbocycles. The minimum absolute atomic E-state index is 0.00653. The first-order valence-corrected chi connectivity index (χ1v) is 12.1. The molecule has 0 spiro atoms. The molecule has 1 aliphatic heterocycles. The van der Waals surface area contributed by atoms with Crippen molar-refractivity contribution in [2.24, 2.45) is 7.05 Å². The average molecular weight is 457 g/mol. The summed E-state index contributed by atoms with van der Waals surface area (Å²) in [5, 5.41) is 15.4. The number of hydrogen-bond donors (Lipinski definition) is 1. The van der Waals surface area contributed by atoms with E-state index in [1.165, 1.54) is 11.3 Å². The zero-order valence-electron chi connectivity index (χ0n) is 20.9. The number of ether oxygens (including phenoxy) is 1. The minimum atomic E-state index is -0.558. The molecule has 2 aromatic rings. The number of benzene rings is 1. The molecule has 1 N–H and O–H groups in total. The molecule has 0 unspecified atom stereocenters. The first kappa shape index (κ1) is 25.2. The number of aromatic nitrogens is 2. The second kappa shape index (κ2) is 11.7. The molecule has 7 heteroatoms. The van der Waals surface area contributed by atoms with Crippen molar-refractivity contribution in [2.75, 3.05) is 45.3 Å². The molecule has 1 amide bonds. The van der Waals surface area contributed by atoms with Crippen molar-refractivity contribution in [2.45, 2.75) is 58.5 Å². The molecule has 1 aromatic carbocycles. The van der Waals surface area contributed by atoms with Crippen LogP contribution in [0, 0.1) is 13.8 Å². The normalized spacial score (nSPS) is 16.7. The second-order valence-corrected chi connectivity index (χ2v) is 9.22. The number of fused-ring (bicyclic) bond motifs is 1. The highest BCUT2D eigenvalue weighted by Gasteiger charge is 2.22. The third-order valence-electron chi connectivity index (χ3n) is 6.87. The van der Waals surface area contributed by atoms with Gasteiger partial charge in [0.05, 0.1) is 18.4 Å². The molecule has 1 aliphatic rings. The van der Waals surface area contributed by atoms with E-state index in [-0.39, 0.29) is 5.91 Å². The first-order chi connectivity index (χ1) is 15.8. The number of anilines is 1. The highest BCUT2D eigenvalue weighted by molar-refractivity contribution is 5.94. The van der Waals surface area contributed by atoms with Gasteiger partial charge in [-0.15, -0.1) is 0 Å². The van der Waals surface area contributed by atoms with Gasteiger partial charge in [-0.25, -0.2) is 0 Å². The Morgan fingerprint density at radius 1 is 1.27 bits per heavy atom. The van der Waals surface area contributed by atoms with Gasteiger partial charge in [0.15, 0.2) is 0 Å². The number of carbonyl (C=O) groups is 1. The lowest BCUT2D eigenvalue weighted by molar-refractivity contribution is 0.0793. The van der Waals surface area contributed by atoms with Gasteiger partial charge >= 0.3 is 0 Å². The Morgan fingerprint density at radius 2 is 2.06 bits per heavy atom. The van der Waals surface area contributed by atoms with Gasteiger partial charge in [0.2, 0.25) is 0 Å². The molecule has 0 bridgehead atoms. The fraction of sp³-hybridized carbons (Fsp3) is 0.615. The number of aliphatic hydroxyl groups excluding tert-OH is 1.